The topological polar surface area (TPSA) is 50.7 Å². The van der Waals surface area contributed by atoms with Crippen molar-refractivity contribution in [2.24, 2.45) is 0 Å². The van der Waals surface area contributed by atoms with Crippen LogP contribution in [0.3, 0.4) is 0 Å². The summed E-state index contributed by atoms with van der Waals surface area (Å²) in [4.78, 5) is 4.36. The molecule has 0 radical (unpaired) electrons. The molecule has 0 bridgehead atoms. The summed E-state index contributed by atoms with van der Waals surface area (Å²) < 4.78 is 0. The largest absolute Gasteiger partial charge is 0.351 e. The summed E-state index contributed by atoms with van der Waals surface area (Å²) >= 11 is 6.11. The van der Waals surface area contributed by atoms with Crippen LogP contribution in [0.5, 0.6) is 0 Å². The average molecular weight is 251 g/mol. The molecular formula is C12H15ClN4. The lowest BCUT2D eigenvalue weighted by Gasteiger charge is -2.09. The number of halogens is 1. The van der Waals surface area contributed by atoms with Crippen LogP contribution in [0.2, 0.25) is 0 Å². The third-order valence-corrected chi connectivity index (χ3v) is 2.82. The molecule has 0 amide bonds. The predicted molar refractivity (Wildman–Crippen MR) is 70.4 cm³/mol. The molecule has 1 aromatic heterocycles. The quantitative estimate of drug-likeness (QED) is 0.829. The van der Waals surface area contributed by atoms with Gasteiger partial charge < -0.3 is 5.32 Å². The van der Waals surface area contributed by atoms with Crippen LogP contribution in [0, 0.1) is 0 Å². The van der Waals surface area contributed by atoms with E-state index in [1.807, 2.05) is 24.3 Å². The van der Waals surface area contributed by atoms with Gasteiger partial charge in [0.2, 0.25) is 5.95 Å². The summed E-state index contributed by atoms with van der Waals surface area (Å²) in [5.41, 5.74) is 1.64. The first-order valence-electron chi connectivity index (χ1n) is 5.77. The highest BCUT2D eigenvalue weighted by Gasteiger charge is 2.05. The minimum atomic E-state index is 0.107. The van der Waals surface area contributed by atoms with Crippen molar-refractivity contribution in [3.8, 4) is 0 Å². The number of nitrogens with one attached hydrogen (secondary N) is 1. The second kappa shape index (κ2) is 5.77. The Morgan fingerprint density at radius 2 is 2.00 bits per heavy atom. The zero-order chi connectivity index (χ0) is 12.1. The third kappa shape index (κ3) is 3.27. The third-order valence-electron chi connectivity index (χ3n) is 2.44. The van der Waals surface area contributed by atoms with Crippen LogP contribution in [0.25, 0.3) is 11.0 Å². The Balaban J connectivity index is 2.04. The molecule has 0 saturated carbocycles. The smallest absolute Gasteiger partial charge is 0.243 e. The molecule has 0 aliphatic carbocycles. The Labute approximate surface area is 105 Å². The first-order valence-corrected chi connectivity index (χ1v) is 6.20. The van der Waals surface area contributed by atoms with Gasteiger partial charge in [-0.05, 0) is 18.6 Å². The average Bonchev–Trinajstić information content (AvgIpc) is 2.36. The maximum Gasteiger partial charge on any atom is 0.243 e. The summed E-state index contributed by atoms with van der Waals surface area (Å²) in [6.07, 6.45) is 2.06. The van der Waals surface area contributed by atoms with E-state index in [0.29, 0.717) is 12.5 Å². The van der Waals surface area contributed by atoms with Crippen LogP contribution in [0.1, 0.15) is 19.8 Å². The standard InChI is InChI=1S/C12H15ClN4/c1-2-5-9(13)8-14-12-15-10-6-3-4-7-11(10)16-17-12/h3-4,6-7,9H,2,5,8H2,1H3,(H,14,15,17). The van der Waals surface area contributed by atoms with E-state index in [4.69, 9.17) is 11.6 Å². The van der Waals surface area contributed by atoms with Crippen LogP contribution in [-0.2, 0) is 0 Å². The van der Waals surface area contributed by atoms with Crippen LogP contribution in [0.15, 0.2) is 24.3 Å². The van der Waals surface area contributed by atoms with Crippen molar-refractivity contribution in [1.82, 2.24) is 15.2 Å². The van der Waals surface area contributed by atoms with Crippen molar-refractivity contribution in [2.45, 2.75) is 25.1 Å². The Bertz CT molecular complexity index is 489. The number of anilines is 1. The molecular weight excluding hydrogens is 236 g/mol. The van der Waals surface area contributed by atoms with E-state index in [-0.39, 0.29) is 5.38 Å². The number of rotatable bonds is 5. The van der Waals surface area contributed by atoms with E-state index in [9.17, 15) is 0 Å². The molecule has 1 aromatic carbocycles. The summed E-state index contributed by atoms with van der Waals surface area (Å²) in [5, 5.41) is 11.3. The van der Waals surface area contributed by atoms with E-state index in [2.05, 4.69) is 27.4 Å². The number of nitrogens with zero attached hydrogens (tertiary/aromatic N) is 3. The monoisotopic (exact) mass is 250 g/mol. The first kappa shape index (κ1) is 12.0. The molecule has 1 N–H and O–H groups in total. The van der Waals surface area contributed by atoms with Gasteiger partial charge in [0.05, 0.1) is 10.9 Å². The summed E-state index contributed by atoms with van der Waals surface area (Å²) in [6.45, 7) is 2.78. The minimum absolute atomic E-state index is 0.107. The molecule has 0 spiro atoms. The number of para-hydroxylation sites is 1. The highest BCUT2D eigenvalue weighted by Crippen LogP contribution is 2.10. The zero-order valence-electron chi connectivity index (χ0n) is 9.73. The summed E-state index contributed by atoms with van der Waals surface area (Å²) in [6, 6.07) is 7.66. The second-order valence-electron chi connectivity index (χ2n) is 3.89. The number of aromatic nitrogens is 3. The molecule has 0 aliphatic heterocycles. The van der Waals surface area contributed by atoms with Gasteiger partial charge in [-0.25, -0.2) is 4.98 Å². The number of fused-ring (bicyclic) bond motifs is 1. The van der Waals surface area contributed by atoms with Crippen LogP contribution >= 0.6 is 11.6 Å². The van der Waals surface area contributed by atoms with Crippen LogP contribution in [0.4, 0.5) is 5.95 Å². The van der Waals surface area contributed by atoms with Gasteiger partial charge in [-0.3, -0.25) is 0 Å². The number of hydrogen-bond donors (Lipinski definition) is 1. The predicted octanol–water partition coefficient (Wildman–Crippen LogP) is 2.84. The van der Waals surface area contributed by atoms with Crippen molar-refractivity contribution < 1.29 is 0 Å². The SMILES string of the molecule is CCCC(Cl)CNc1nnc2ccccc2n1. The van der Waals surface area contributed by atoms with Gasteiger partial charge >= 0.3 is 0 Å². The number of benzene rings is 1. The van der Waals surface area contributed by atoms with Crippen molar-refractivity contribution in [2.75, 3.05) is 11.9 Å². The lowest BCUT2D eigenvalue weighted by atomic mass is 10.2. The summed E-state index contributed by atoms with van der Waals surface area (Å²) in [7, 11) is 0. The molecule has 90 valence electrons. The van der Waals surface area contributed by atoms with Gasteiger partial charge in [-0.15, -0.1) is 21.8 Å². The highest BCUT2D eigenvalue weighted by molar-refractivity contribution is 6.20. The second-order valence-corrected chi connectivity index (χ2v) is 4.51. The van der Waals surface area contributed by atoms with Crippen LogP contribution in [-0.4, -0.2) is 27.1 Å². The lowest BCUT2D eigenvalue weighted by Crippen LogP contribution is -2.15. The highest BCUT2D eigenvalue weighted by atomic mass is 35.5. The Kier molecular flexibility index (Phi) is 4.09. The molecule has 1 atom stereocenters. The van der Waals surface area contributed by atoms with Gasteiger partial charge in [0, 0.05) is 6.54 Å². The molecule has 0 aliphatic rings. The van der Waals surface area contributed by atoms with E-state index in [1.54, 1.807) is 0 Å². The maximum absolute atomic E-state index is 6.11. The molecule has 17 heavy (non-hydrogen) atoms. The number of hydrogen-bond acceptors (Lipinski definition) is 4. The van der Waals surface area contributed by atoms with Crippen LogP contribution < -0.4 is 5.32 Å². The maximum atomic E-state index is 6.11. The fourth-order valence-corrected chi connectivity index (χ4v) is 1.87. The molecule has 2 rings (SSSR count). The van der Waals surface area contributed by atoms with Crippen molar-refractivity contribution in [1.29, 1.82) is 0 Å². The Morgan fingerprint density at radius 3 is 2.76 bits per heavy atom. The van der Waals surface area contributed by atoms with Crippen molar-refractivity contribution in [3.63, 3.8) is 0 Å². The fraction of sp³-hybridized carbons (Fsp3) is 0.417. The van der Waals surface area contributed by atoms with Gasteiger partial charge in [-0.2, -0.15) is 0 Å². The van der Waals surface area contributed by atoms with Gasteiger partial charge in [0.25, 0.3) is 0 Å². The normalized spacial score (nSPS) is 12.6. The molecule has 0 saturated heterocycles. The van der Waals surface area contributed by atoms with Crippen molar-refractivity contribution >= 4 is 28.6 Å². The first-order chi connectivity index (χ1) is 8.29. The minimum Gasteiger partial charge on any atom is -0.351 e. The molecule has 1 heterocycles. The lowest BCUT2D eigenvalue weighted by molar-refractivity contribution is 0.747. The van der Waals surface area contributed by atoms with E-state index < -0.39 is 0 Å². The van der Waals surface area contributed by atoms with Gasteiger partial charge in [0.15, 0.2) is 0 Å². The summed E-state index contributed by atoms with van der Waals surface area (Å²) in [5.74, 6) is 0.533. The van der Waals surface area contributed by atoms with E-state index in [1.165, 1.54) is 0 Å². The Hall–Kier alpha value is -1.42. The zero-order valence-corrected chi connectivity index (χ0v) is 10.5. The van der Waals surface area contributed by atoms with E-state index >= 15 is 0 Å². The molecule has 0 fully saturated rings. The van der Waals surface area contributed by atoms with E-state index in [0.717, 1.165) is 23.9 Å². The van der Waals surface area contributed by atoms with Crippen molar-refractivity contribution in [3.05, 3.63) is 24.3 Å². The molecule has 5 heteroatoms. The molecule has 1 unspecified atom stereocenters. The fourth-order valence-electron chi connectivity index (χ4n) is 1.57. The molecule has 4 nitrogen and oxygen atoms in total. The molecule has 2 aromatic rings. The Morgan fingerprint density at radius 1 is 1.24 bits per heavy atom. The number of alkyl halides is 1. The van der Waals surface area contributed by atoms with Gasteiger partial charge in [0.1, 0.15) is 5.52 Å². The van der Waals surface area contributed by atoms with Gasteiger partial charge in [-0.1, -0.05) is 25.5 Å².